The van der Waals surface area contributed by atoms with E-state index in [2.05, 4.69) is 21.2 Å². The normalized spacial score (nSPS) is 11.2. The molecular weight excluding hydrogens is 444 g/mol. The standard InChI is InChI=1S/C21H20BrClN2O3/c1-11(2)24-20(27)9-15-12(3)25(18-10-17(23)19(26)8-16(15)18)21(28)13-4-6-14(22)7-5-13/h4-8,10-11,26H,9H2,1-3H3,(H,24,27). The zero-order valence-electron chi connectivity index (χ0n) is 15.7. The molecule has 1 amide bonds. The highest BCUT2D eigenvalue weighted by Gasteiger charge is 2.23. The number of nitrogens with one attached hydrogen (secondary N) is 1. The monoisotopic (exact) mass is 462 g/mol. The number of halogens is 2. The molecule has 2 N–H and O–H groups in total. The Morgan fingerprint density at radius 1 is 1.21 bits per heavy atom. The lowest BCUT2D eigenvalue weighted by atomic mass is 10.1. The molecule has 0 aliphatic heterocycles. The van der Waals surface area contributed by atoms with Crippen LogP contribution in [0.15, 0.2) is 40.9 Å². The topological polar surface area (TPSA) is 71.3 Å². The molecule has 0 saturated heterocycles. The van der Waals surface area contributed by atoms with Gasteiger partial charge in [-0.25, -0.2) is 0 Å². The minimum Gasteiger partial charge on any atom is -0.506 e. The van der Waals surface area contributed by atoms with Crippen LogP contribution >= 0.6 is 27.5 Å². The van der Waals surface area contributed by atoms with Crippen molar-refractivity contribution in [2.75, 3.05) is 0 Å². The Labute approximate surface area is 176 Å². The zero-order valence-corrected chi connectivity index (χ0v) is 18.1. The van der Waals surface area contributed by atoms with E-state index in [1.54, 1.807) is 41.8 Å². The van der Waals surface area contributed by atoms with Crippen molar-refractivity contribution in [3.8, 4) is 5.75 Å². The van der Waals surface area contributed by atoms with Gasteiger partial charge < -0.3 is 10.4 Å². The number of fused-ring (bicyclic) bond motifs is 1. The fraction of sp³-hybridized carbons (Fsp3) is 0.238. The summed E-state index contributed by atoms with van der Waals surface area (Å²) in [5.41, 5.74) is 2.39. The fourth-order valence-electron chi connectivity index (χ4n) is 3.23. The van der Waals surface area contributed by atoms with Crippen LogP contribution in [0.4, 0.5) is 0 Å². The van der Waals surface area contributed by atoms with Gasteiger partial charge in [0, 0.05) is 27.2 Å². The molecule has 1 heterocycles. The number of aromatic nitrogens is 1. The lowest BCUT2D eigenvalue weighted by molar-refractivity contribution is -0.120. The molecule has 1 aromatic heterocycles. The van der Waals surface area contributed by atoms with Gasteiger partial charge >= 0.3 is 0 Å². The van der Waals surface area contributed by atoms with Crippen LogP contribution in [-0.2, 0) is 11.2 Å². The van der Waals surface area contributed by atoms with Crippen molar-refractivity contribution in [2.45, 2.75) is 33.2 Å². The van der Waals surface area contributed by atoms with Crippen molar-refractivity contribution in [3.05, 3.63) is 62.7 Å². The highest BCUT2D eigenvalue weighted by molar-refractivity contribution is 9.10. The van der Waals surface area contributed by atoms with Crippen LogP contribution in [0.25, 0.3) is 10.9 Å². The van der Waals surface area contributed by atoms with E-state index in [9.17, 15) is 14.7 Å². The van der Waals surface area contributed by atoms with Crippen molar-refractivity contribution in [1.82, 2.24) is 9.88 Å². The fourth-order valence-corrected chi connectivity index (χ4v) is 3.65. The molecule has 0 fully saturated rings. The second-order valence-corrected chi connectivity index (χ2v) is 8.25. The Balaban J connectivity index is 2.18. The number of rotatable bonds is 4. The van der Waals surface area contributed by atoms with Crippen LogP contribution in [0.2, 0.25) is 5.02 Å². The van der Waals surface area contributed by atoms with Crippen molar-refractivity contribution >= 4 is 50.2 Å². The van der Waals surface area contributed by atoms with Gasteiger partial charge in [0.25, 0.3) is 5.91 Å². The Kier molecular flexibility index (Phi) is 5.82. The molecular formula is C21H20BrClN2O3. The number of phenolic OH excluding ortho intramolecular Hbond substituents is 1. The number of nitrogens with zero attached hydrogens (tertiary/aromatic N) is 1. The molecule has 0 spiro atoms. The molecule has 0 aliphatic rings. The number of amides is 1. The second kappa shape index (κ2) is 7.97. The minimum atomic E-state index is -0.229. The van der Waals surface area contributed by atoms with Crippen LogP contribution in [-0.4, -0.2) is 27.5 Å². The molecule has 5 nitrogen and oxygen atoms in total. The molecule has 0 unspecified atom stereocenters. The number of hydrogen-bond acceptors (Lipinski definition) is 3. The van der Waals surface area contributed by atoms with E-state index in [0.717, 1.165) is 4.47 Å². The average Bonchev–Trinajstić information content (AvgIpc) is 2.86. The number of carbonyl (C=O) groups is 2. The predicted molar refractivity (Wildman–Crippen MR) is 114 cm³/mol. The predicted octanol–water partition coefficient (Wildman–Crippen LogP) is 4.83. The summed E-state index contributed by atoms with van der Waals surface area (Å²) in [6.45, 7) is 5.56. The van der Waals surface area contributed by atoms with Crippen molar-refractivity contribution in [2.24, 2.45) is 0 Å². The Bertz CT molecular complexity index is 1070. The first-order chi connectivity index (χ1) is 13.2. The maximum atomic E-state index is 13.2. The summed E-state index contributed by atoms with van der Waals surface area (Å²) in [7, 11) is 0. The Hall–Kier alpha value is -2.31. The van der Waals surface area contributed by atoms with Crippen molar-refractivity contribution < 1.29 is 14.7 Å². The number of aromatic hydroxyl groups is 1. The van der Waals surface area contributed by atoms with Gasteiger partial charge in [-0.1, -0.05) is 27.5 Å². The molecule has 7 heteroatoms. The minimum absolute atomic E-state index is 0.00778. The zero-order chi connectivity index (χ0) is 20.6. The van der Waals surface area contributed by atoms with Gasteiger partial charge in [0.1, 0.15) is 5.75 Å². The van der Waals surface area contributed by atoms with E-state index < -0.39 is 0 Å². The molecule has 0 bridgehead atoms. The third-order valence-electron chi connectivity index (χ3n) is 4.48. The van der Waals surface area contributed by atoms with Gasteiger partial charge in [0.15, 0.2) is 0 Å². The van der Waals surface area contributed by atoms with Gasteiger partial charge in [0.2, 0.25) is 5.91 Å². The largest absolute Gasteiger partial charge is 0.506 e. The number of benzene rings is 2. The highest BCUT2D eigenvalue weighted by Crippen LogP contribution is 2.35. The lowest BCUT2D eigenvalue weighted by Gasteiger charge is -2.09. The average molecular weight is 464 g/mol. The van der Waals surface area contributed by atoms with Crippen LogP contribution in [0.5, 0.6) is 5.75 Å². The highest BCUT2D eigenvalue weighted by atomic mass is 79.9. The summed E-state index contributed by atoms with van der Waals surface area (Å²) in [4.78, 5) is 25.6. The van der Waals surface area contributed by atoms with E-state index in [1.807, 2.05) is 13.8 Å². The van der Waals surface area contributed by atoms with Gasteiger partial charge in [0.05, 0.1) is 17.0 Å². The number of phenols is 1. The molecule has 146 valence electrons. The first-order valence-electron chi connectivity index (χ1n) is 8.81. The summed E-state index contributed by atoms with van der Waals surface area (Å²) >= 11 is 9.47. The molecule has 0 radical (unpaired) electrons. The number of hydrogen-bond donors (Lipinski definition) is 2. The lowest BCUT2D eigenvalue weighted by Crippen LogP contribution is -2.31. The van der Waals surface area contributed by atoms with Crippen LogP contribution in [0, 0.1) is 6.92 Å². The first-order valence-corrected chi connectivity index (χ1v) is 9.98. The second-order valence-electron chi connectivity index (χ2n) is 6.93. The summed E-state index contributed by atoms with van der Waals surface area (Å²) in [6.07, 6.45) is 0.0994. The molecule has 3 rings (SSSR count). The number of carbonyl (C=O) groups excluding carboxylic acids is 2. The van der Waals surface area contributed by atoms with E-state index in [1.165, 1.54) is 6.07 Å². The van der Waals surface area contributed by atoms with Gasteiger partial charge in [-0.2, -0.15) is 0 Å². The summed E-state index contributed by atoms with van der Waals surface area (Å²) in [6, 6.07) is 10.1. The van der Waals surface area contributed by atoms with Crippen molar-refractivity contribution in [3.63, 3.8) is 0 Å². The van der Waals surface area contributed by atoms with E-state index in [4.69, 9.17) is 11.6 Å². The van der Waals surface area contributed by atoms with E-state index >= 15 is 0 Å². The molecule has 28 heavy (non-hydrogen) atoms. The van der Waals surface area contributed by atoms with Crippen LogP contribution < -0.4 is 5.32 Å². The SMILES string of the molecule is Cc1c(CC(=O)NC(C)C)c2cc(O)c(Cl)cc2n1C(=O)c1ccc(Br)cc1. The van der Waals surface area contributed by atoms with Gasteiger partial charge in [-0.3, -0.25) is 14.2 Å². The molecule has 3 aromatic rings. The molecule has 0 aliphatic carbocycles. The van der Waals surface area contributed by atoms with E-state index in [0.29, 0.717) is 27.7 Å². The van der Waals surface area contributed by atoms with E-state index in [-0.39, 0.29) is 35.0 Å². The summed E-state index contributed by atoms with van der Waals surface area (Å²) in [5.74, 6) is -0.470. The third kappa shape index (κ3) is 3.93. The third-order valence-corrected chi connectivity index (χ3v) is 5.32. The Morgan fingerprint density at radius 2 is 1.86 bits per heavy atom. The first kappa shape index (κ1) is 20.4. The summed E-state index contributed by atoms with van der Waals surface area (Å²) in [5, 5.41) is 13.7. The smallest absolute Gasteiger partial charge is 0.262 e. The van der Waals surface area contributed by atoms with Crippen molar-refractivity contribution in [1.29, 1.82) is 0 Å². The van der Waals surface area contributed by atoms with Crippen LogP contribution in [0.3, 0.4) is 0 Å². The molecule has 0 atom stereocenters. The maximum Gasteiger partial charge on any atom is 0.262 e. The quantitative estimate of drug-likeness (QED) is 0.582. The molecule has 0 saturated carbocycles. The summed E-state index contributed by atoms with van der Waals surface area (Å²) < 4.78 is 2.42. The Morgan fingerprint density at radius 3 is 2.46 bits per heavy atom. The maximum absolute atomic E-state index is 13.2. The molecule has 2 aromatic carbocycles. The van der Waals surface area contributed by atoms with Gasteiger partial charge in [-0.05, 0) is 62.7 Å². The van der Waals surface area contributed by atoms with Crippen LogP contribution in [0.1, 0.15) is 35.5 Å². The van der Waals surface area contributed by atoms with Gasteiger partial charge in [-0.15, -0.1) is 0 Å².